The van der Waals surface area contributed by atoms with Crippen LogP contribution in [0.5, 0.6) is 0 Å². The highest BCUT2D eigenvalue weighted by Gasteiger charge is 2.16. The predicted molar refractivity (Wildman–Crippen MR) is 53.1 cm³/mol. The summed E-state index contributed by atoms with van der Waals surface area (Å²) in [5.74, 6) is 0. The van der Waals surface area contributed by atoms with Crippen molar-refractivity contribution in [1.82, 2.24) is 0 Å². The van der Waals surface area contributed by atoms with E-state index in [-0.39, 0.29) is 0 Å². The normalized spacial score (nSPS) is 15.1. The molecule has 0 aliphatic heterocycles. The first-order valence-electron chi connectivity index (χ1n) is 4.15. The number of hydrogen-bond acceptors (Lipinski definition) is 0. The first kappa shape index (κ1) is 7.35. The van der Waals surface area contributed by atoms with Crippen LogP contribution in [0.25, 0.3) is 5.57 Å². The summed E-state index contributed by atoms with van der Waals surface area (Å²) in [6, 6.07) is 6.51. The standard InChI is InChI=1S/C12H12/c1-8-4-5-11-7-9(2)10(3)12(11)6-8/h4-6H,2-3,7H2,1H3. The van der Waals surface area contributed by atoms with Crippen molar-refractivity contribution in [2.24, 2.45) is 0 Å². The van der Waals surface area contributed by atoms with Crippen LogP contribution in [0.2, 0.25) is 0 Å². The minimum Gasteiger partial charge on any atom is -0.0949 e. The minimum absolute atomic E-state index is 0.981. The molecule has 2 rings (SSSR count). The third-order valence-corrected chi connectivity index (χ3v) is 2.42. The van der Waals surface area contributed by atoms with Crippen LogP contribution < -0.4 is 0 Å². The van der Waals surface area contributed by atoms with Crippen LogP contribution in [0, 0.1) is 6.92 Å². The Morgan fingerprint density at radius 3 is 2.75 bits per heavy atom. The van der Waals surface area contributed by atoms with E-state index in [0.717, 1.165) is 17.6 Å². The van der Waals surface area contributed by atoms with Crippen molar-refractivity contribution in [1.29, 1.82) is 0 Å². The van der Waals surface area contributed by atoms with Gasteiger partial charge in [-0.1, -0.05) is 36.9 Å². The van der Waals surface area contributed by atoms with Crippen molar-refractivity contribution < 1.29 is 0 Å². The van der Waals surface area contributed by atoms with E-state index in [2.05, 4.69) is 38.3 Å². The summed E-state index contributed by atoms with van der Waals surface area (Å²) in [4.78, 5) is 0. The largest absolute Gasteiger partial charge is 0.0949 e. The van der Waals surface area contributed by atoms with E-state index >= 15 is 0 Å². The lowest BCUT2D eigenvalue weighted by Gasteiger charge is -1.99. The average molecular weight is 156 g/mol. The fourth-order valence-electron chi connectivity index (χ4n) is 1.65. The zero-order valence-electron chi connectivity index (χ0n) is 7.35. The SMILES string of the molecule is C=C1Cc2ccc(C)cc2C1=C. The van der Waals surface area contributed by atoms with Gasteiger partial charge in [-0.2, -0.15) is 0 Å². The second-order valence-electron chi connectivity index (χ2n) is 3.42. The molecule has 0 saturated heterocycles. The van der Waals surface area contributed by atoms with Gasteiger partial charge < -0.3 is 0 Å². The van der Waals surface area contributed by atoms with E-state index < -0.39 is 0 Å². The molecule has 0 heterocycles. The topological polar surface area (TPSA) is 0 Å². The van der Waals surface area contributed by atoms with Crippen molar-refractivity contribution in [3.63, 3.8) is 0 Å². The lowest BCUT2D eigenvalue weighted by molar-refractivity contribution is 1.27. The Morgan fingerprint density at radius 2 is 2.00 bits per heavy atom. The lowest BCUT2D eigenvalue weighted by atomic mass is 10.1. The number of aryl methyl sites for hydroxylation is 1. The molecule has 0 bridgehead atoms. The molecule has 12 heavy (non-hydrogen) atoms. The van der Waals surface area contributed by atoms with Crippen LogP contribution in [0.1, 0.15) is 16.7 Å². The van der Waals surface area contributed by atoms with Crippen molar-refractivity contribution in [2.75, 3.05) is 0 Å². The van der Waals surface area contributed by atoms with E-state index in [1.807, 2.05) is 0 Å². The third-order valence-electron chi connectivity index (χ3n) is 2.42. The molecule has 0 N–H and O–H groups in total. The summed E-state index contributed by atoms with van der Waals surface area (Å²) >= 11 is 0. The lowest BCUT2D eigenvalue weighted by Crippen LogP contribution is -1.81. The average Bonchev–Trinajstić information content (AvgIpc) is 2.31. The summed E-state index contributed by atoms with van der Waals surface area (Å²) in [6.07, 6.45) is 0.981. The van der Waals surface area contributed by atoms with E-state index in [1.54, 1.807) is 0 Å². The van der Waals surface area contributed by atoms with Gasteiger partial charge in [0.2, 0.25) is 0 Å². The van der Waals surface area contributed by atoms with Crippen molar-refractivity contribution >= 4 is 5.57 Å². The second-order valence-corrected chi connectivity index (χ2v) is 3.42. The Balaban J connectivity index is 2.63. The van der Waals surface area contributed by atoms with Gasteiger partial charge >= 0.3 is 0 Å². The molecule has 0 unspecified atom stereocenters. The predicted octanol–water partition coefficient (Wildman–Crippen LogP) is 3.12. The van der Waals surface area contributed by atoms with Gasteiger partial charge in [0.15, 0.2) is 0 Å². The van der Waals surface area contributed by atoms with Crippen LogP contribution in [0.4, 0.5) is 0 Å². The van der Waals surface area contributed by atoms with Crippen molar-refractivity contribution in [2.45, 2.75) is 13.3 Å². The molecule has 60 valence electrons. The van der Waals surface area contributed by atoms with Gasteiger partial charge in [0.05, 0.1) is 0 Å². The van der Waals surface area contributed by atoms with E-state index in [0.29, 0.717) is 0 Å². The fraction of sp³-hybridized carbons (Fsp3) is 0.167. The maximum absolute atomic E-state index is 4.02. The second kappa shape index (κ2) is 2.34. The molecule has 0 heteroatoms. The molecule has 0 radical (unpaired) electrons. The van der Waals surface area contributed by atoms with Gasteiger partial charge in [0.25, 0.3) is 0 Å². The summed E-state index contributed by atoms with van der Waals surface area (Å²) < 4.78 is 0. The first-order chi connectivity index (χ1) is 5.68. The van der Waals surface area contributed by atoms with Crippen LogP contribution in [-0.4, -0.2) is 0 Å². The quantitative estimate of drug-likeness (QED) is 0.541. The maximum atomic E-state index is 4.02. The van der Waals surface area contributed by atoms with Crippen molar-refractivity contribution in [3.8, 4) is 0 Å². The van der Waals surface area contributed by atoms with Crippen LogP contribution in [0.3, 0.4) is 0 Å². The molecule has 1 aliphatic carbocycles. The fourth-order valence-corrected chi connectivity index (χ4v) is 1.65. The number of rotatable bonds is 0. The number of fused-ring (bicyclic) bond motifs is 1. The molecule has 0 atom stereocenters. The summed E-state index contributed by atoms with van der Waals surface area (Å²) in [5.41, 5.74) is 6.24. The van der Waals surface area contributed by atoms with Gasteiger partial charge in [-0.05, 0) is 35.6 Å². The van der Waals surface area contributed by atoms with Gasteiger partial charge in [0.1, 0.15) is 0 Å². The maximum Gasteiger partial charge on any atom is -0.00195 e. The zero-order chi connectivity index (χ0) is 8.72. The molecule has 1 aromatic carbocycles. The summed E-state index contributed by atoms with van der Waals surface area (Å²) in [5, 5.41) is 0. The summed E-state index contributed by atoms with van der Waals surface area (Å²) in [7, 11) is 0. The molecule has 0 amide bonds. The van der Waals surface area contributed by atoms with Crippen molar-refractivity contribution in [3.05, 3.63) is 53.6 Å². The Hall–Kier alpha value is -1.30. The molecule has 0 nitrogen and oxygen atoms in total. The highest BCUT2D eigenvalue weighted by Crippen LogP contribution is 2.34. The number of hydrogen-bond donors (Lipinski definition) is 0. The first-order valence-corrected chi connectivity index (χ1v) is 4.15. The smallest absolute Gasteiger partial charge is 0.00195 e. The van der Waals surface area contributed by atoms with Crippen LogP contribution in [-0.2, 0) is 6.42 Å². The van der Waals surface area contributed by atoms with Crippen LogP contribution >= 0.6 is 0 Å². The van der Waals surface area contributed by atoms with Gasteiger partial charge in [-0.15, -0.1) is 0 Å². The van der Waals surface area contributed by atoms with Gasteiger partial charge in [0, 0.05) is 0 Å². The Bertz CT molecular complexity index is 370. The van der Waals surface area contributed by atoms with E-state index in [1.165, 1.54) is 16.7 Å². The molecule has 0 saturated carbocycles. The molecular formula is C12H12. The van der Waals surface area contributed by atoms with E-state index in [4.69, 9.17) is 0 Å². The molecular weight excluding hydrogens is 144 g/mol. The highest BCUT2D eigenvalue weighted by molar-refractivity contribution is 5.84. The minimum atomic E-state index is 0.981. The van der Waals surface area contributed by atoms with E-state index in [9.17, 15) is 0 Å². The Kier molecular flexibility index (Phi) is 1.44. The number of benzene rings is 1. The van der Waals surface area contributed by atoms with Gasteiger partial charge in [-0.3, -0.25) is 0 Å². The molecule has 1 aromatic rings. The van der Waals surface area contributed by atoms with Crippen LogP contribution in [0.15, 0.2) is 36.9 Å². The molecule has 1 aliphatic rings. The Morgan fingerprint density at radius 1 is 1.25 bits per heavy atom. The monoisotopic (exact) mass is 156 g/mol. The van der Waals surface area contributed by atoms with Gasteiger partial charge in [-0.25, -0.2) is 0 Å². The molecule has 0 spiro atoms. The number of allylic oxidation sites excluding steroid dienone is 2. The molecule has 0 aromatic heterocycles. The zero-order valence-corrected chi connectivity index (χ0v) is 7.35. The Labute approximate surface area is 73.2 Å². The summed E-state index contributed by atoms with van der Waals surface area (Å²) in [6.45, 7) is 10.1. The molecule has 0 fully saturated rings. The third kappa shape index (κ3) is 0.918. The highest BCUT2D eigenvalue weighted by atomic mass is 14.2.